The molecule has 43 heavy (non-hydrogen) atoms. The number of primary amides is 1. The van der Waals surface area contributed by atoms with E-state index in [1.165, 1.54) is 0 Å². The van der Waals surface area contributed by atoms with Gasteiger partial charge in [0.05, 0.1) is 4.75 Å². The van der Waals surface area contributed by atoms with E-state index in [1.807, 2.05) is 78.9 Å². The zero-order valence-electron chi connectivity index (χ0n) is 23.6. The molecule has 0 radical (unpaired) electrons. The number of carbonyl (C=O) groups is 2. The molecule has 6 rings (SSSR count). The lowest BCUT2D eigenvalue weighted by Gasteiger charge is -2.36. The van der Waals surface area contributed by atoms with Gasteiger partial charge in [-0.2, -0.15) is 0 Å². The van der Waals surface area contributed by atoms with Crippen LogP contribution in [0.15, 0.2) is 140 Å². The van der Waals surface area contributed by atoms with Crippen molar-refractivity contribution < 1.29 is 14.3 Å². The SMILES string of the molecule is NC(=O)C(CSC(c1ccccc1)(c1ccccc1)c1ccccc1)NC(=O)OCC1c2ccccc2-c2ccccc21. The van der Waals surface area contributed by atoms with Crippen molar-refractivity contribution in [3.63, 3.8) is 0 Å². The zero-order chi connectivity index (χ0) is 29.6. The predicted octanol–water partition coefficient (Wildman–Crippen LogP) is 7.10. The number of fused-ring (bicyclic) bond motifs is 3. The first kappa shape index (κ1) is 28.3. The van der Waals surface area contributed by atoms with E-state index in [2.05, 4.69) is 66.0 Å². The number of nitrogens with two attached hydrogens (primary N) is 1. The summed E-state index contributed by atoms with van der Waals surface area (Å²) in [6, 6.07) is 46.0. The Morgan fingerprint density at radius 3 is 1.53 bits per heavy atom. The van der Waals surface area contributed by atoms with Gasteiger partial charge in [-0.3, -0.25) is 4.79 Å². The molecule has 0 saturated carbocycles. The molecule has 0 heterocycles. The fourth-order valence-corrected chi connectivity index (χ4v) is 7.53. The second-order valence-corrected chi connectivity index (χ2v) is 11.7. The van der Waals surface area contributed by atoms with Crippen LogP contribution >= 0.6 is 11.8 Å². The largest absolute Gasteiger partial charge is 0.449 e. The second kappa shape index (κ2) is 12.6. The van der Waals surface area contributed by atoms with Crippen LogP contribution in [0.2, 0.25) is 0 Å². The van der Waals surface area contributed by atoms with E-state index in [4.69, 9.17) is 10.5 Å². The van der Waals surface area contributed by atoms with Crippen LogP contribution in [0, 0.1) is 0 Å². The predicted molar refractivity (Wildman–Crippen MR) is 173 cm³/mol. The molecule has 214 valence electrons. The van der Waals surface area contributed by atoms with Crippen molar-refractivity contribution in [2.75, 3.05) is 12.4 Å². The van der Waals surface area contributed by atoms with Crippen molar-refractivity contribution in [1.29, 1.82) is 0 Å². The average molecular weight is 585 g/mol. The topological polar surface area (TPSA) is 81.4 Å². The van der Waals surface area contributed by atoms with Crippen LogP contribution in [-0.4, -0.2) is 30.4 Å². The molecule has 5 aromatic rings. The van der Waals surface area contributed by atoms with Crippen LogP contribution in [0.3, 0.4) is 0 Å². The number of rotatable bonds is 10. The van der Waals surface area contributed by atoms with Gasteiger partial charge in [-0.15, -0.1) is 11.8 Å². The summed E-state index contributed by atoms with van der Waals surface area (Å²) in [4.78, 5) is 25.8. The molecule has 3 N–H and O–H groups in total. The first-order valence-corrected chi connectivity index (χ1v) is 15.3. The minimum Gasteiger partial charge on any atom is -0.449 e. The van der Waals surface area contributed by atoms with Gasteiger partial charge in [0.15, 0.2) is 0 Å². The first-order valence-electron chi connectivity index (χ1n) is 14.3. The van der Waals surface area contributed by atoms with E-state index in [-0.39, 0.29) is 18.3 Å². The number of alkyl carbamates (subject to hydrolysis) is 1. The maximum Gasteiger partial charge on any atom is 0.407 e. The molecular formula is C37H32N2O3S. The Morgan fingerprint density at radius 1 is 0.674 bits per heavy atom. The van der Waals surface area contributed by atoms with Gasteiger partial charge >= 0.3 is 6.09 Å². The summed E-state index contributed by atoms with van der Waals surface area (Å²) in [5.74, 6) is -0.469. The van der Waals surface area contributed by atoms with E-state index < -0.39 is 22.8 Å². The molecule has 6 heteroatoms. The van der Waals surface area contributed by atoms with Crippen LogP contribution in [0.1, 0.15) is 33.7 Å². The van der Waals surface area contributed by atoms with Gasteiger partial charge in [0.1, 0.15) is 12.6 Å². The monoisotopic (exact) mass is 584 g/mol. The Kier molecular flexibility index (Phi) is 8.29. The first-order chi connectivity index (χ1) is 21.1. The van der Waals surface area contributed by atoms with Gasteiger partial charge in [0.25, 0.3) is 0 Å². The number of hydrogen-bond acceptors (Lipinski definition) is 4. The van der Waals surface area contributed by atoms with Gasteiger partial charge in [-0.05, 0) is 38.9 Å². The smallest absolute Gasteiger partial charge is 0.407 e. The molecule has 0 bridgehead atoms. The third kappa shape index (κ3) is 5.66. The fourth-order valence-electron chi connectivity index (χ4n) is 5.95. The Labute approximate surface area is 256 Å². The molecule has 1 unspecified atom stereocenters. The van der Waals surface area contributed by atoms with E-state index >= 15 is 0 Å². The summed E-state index contributed by atoms with van der Waals surface area (Å²) in [6.07, 6.45) is -0.670. The van der Waals surface area contributed by atoms with E-state index in [0.717, 1.165) is 38.9 Å². The van der Waals surface area contributed by atoms with Crippen molar-refractivity contribution in [3.05, 3.63) is 167 Å². The van der Waals surface area contributed by atoms with Crippen LogP contribution in [0.5, 0.6) is 0 Å². The zero-order valence-corrected chi connectivity index (χ0v) is 24.4. The van der Waals surface area contributed by atoms with Crippen molar-refractivity contribution in [3.8, 4) is 11.1 Å². The van der Waals surface area contributed by atoms with Gasteiger partial charge in [0, 0.05) is 11.7 Å². The normalized spacial score (nSPS) is 13.0. The molecule has 0 saturated heterocycles. The van der Waals surface area contributed by atoms with Crippen LogP contribution in [-0.2, 0) is 14.3 Å². The number of benzene rings is 5. The quantitative estimate of drug-likeness (QED) is 0.172. The number of hydrogen-bond donors (Lipinski definition) is 2. The van der Waals surface area contributed by atoms with E-state index in [1.54, 1.807) is 11.8 Å². The molecule has 2 amide bonds. The average Bonchev–Trinajstić information content (AvgIpc) is 3.38. The Hall–Kier alpha value is -4.81. The third-order valence-corrected chi connectivity index (χ3v) is 9.63. The number of ether oxygens (including phenoxy) is 1. The summed E-state index contributed by atoms with van der Waals surface area (Å²) in [5, 5.41) is 2.76. The lowest BCUT2D eigenvalue weighted by molar-refractivity contribution is -0.119. The molecule has 0 spiro atoms. The minimum atomic E-state index is -0.948. The summed E-state index contributed by atoms with van der Waals surface area (Å²) in [5.41, 5.74) is 13.6. The second-order valence-electron chi connectivity index (χ2n) is 10.5. The lowest BCUT2D eigenvalue weighted by atomic mass is 9.84. The highest BCUT2D eigenvalue weighted by atomic mass is 32.2. The molecule has 5 aromatic carbocycles. The maximum absolute atomic E-state index is 13.1. The molecule has 0 aromatic heterocycles. The number of carbonyl (C=O) groups excluding carboxylic acids is 2. The highest BCUT2D eigenvalue weighted by molar-refractivity contribution is 8.00. The fraction of sp³-hybridized carbons (Fsp3) is 0.135. The minimum absolute atomic E-state index is 0.0820. The van der Waals surface area contributed by atoms with Crippen LogP contribution < -0.4 is 11.1 Å². The molecule has 1 atom stereocenters. The van der Waals surface area contributed by atoms with E-state index in [0.29, 0.717) is 0 Å². The van der Waals surface area contributed by atoms with Crippen LogP contribution in [0.4, 0.5) is 4.79 Å². The standard InChI is InChI=1S/C37H32N2O3S/c38-35(40)34(39-36(41)42-24-33-31-22-12-10-20-29(31)30-21-11-13-23-32(30)33)25-43-37(26-14-4-1-5-15-26,27-16-6-2-7-17-27)28-18-8-3-9-19-28/h1-23,33-34H,24-25H2,(H2,38,40)(H,39,41). The van der Waals surface area contributed by atoms with Gasteiger partial charge in [-0.1, -0.05) is 140 Å². The maximum atomic E-state index is 13.1. The van der Waals surface area contributed by atoms with Crippen LogP contribution in [0.25, 0.3) is 11.1 Å². The summed E-state index contributed by atoms with van der Waals surface area (Å²) < 4.78 is 5.09. The lowest BCUT2D eigenvalue weighted by Crippen LogP contribution is -2.47. The highest BCUT2D eigenvalue weighted by Gasteiger charge is 2.38. The number of nitrogens with one attached hydrogen (secondary N) is 1. The van der Waals surface area contributed by atoms with Gasteiger partial charge < -0.3 is 15.8 Å². The number of thioether (sulfide) groups is 1. The Bertz CT molecular complexity index is 1570. The highest BCUT2D eigenvalue weighted by Crippen LogP contribution is 2.49. The molecule has 1 aliphatic rings. The van der Waals surface area contributed by atoms with Crippen molar-refractivity contribution in [2.24, 2.45) is 5.73 Å². The molecule has 1 aliphatic carbocycles. The van der Waals surface area contributed by atoms with Crippen molar-refractivity contribution in [1.82, 2.24) is 5.32 Å². The third-order valence-electron chi connectivity index (χ3n) is 7.99. The van der Waals surface area contributed by atoms with Gasteiger partial charge in [0.2, 0.25) is 5.91 Å². The summed E-state index contributed by atoms with van der Waals surface area (Å²) in [7, 11) is 0. The van der Waals surface area contributed by atoms with Crippen molar-refractivity contribution in [2.45, 2.75) is 16.7 Å². The molecule has 0 fully saturated rings. The molecule has 5 nitrogen and oxygen atoms in total. The summed E-state index contributed by atoms with van der Waals surface area (Å²) in [6.45, 7) is 0.153. The number of amides is 2. The molecule has 0 aliphatic heterocycles. The Balaban J connectivity index is 1.23. The van der Waals surface area contributed by atoms with Crippen molar-refractivity contribution >= 4 is 23.8 Å². The Morgan fingerprint density at radius 2 is 1.09 bits per heavy atom. The van der Waals surface area contributed by atoms with Gasteiger partial charge in [-0.25, -0.2) is 4.79 Å². The van der Waals surface area contributed by atoms with E-state index in [9.17, 15) is 9.59 Å². The molecular weight excluding hydrogens is 552 g/mol. The summed E-state index contributed by atoms with van der Waals surface area (Å²) >= 11 is 1.56.